The van der Waals surface area contributed by atoms with Gasteiger partial charge in [0.15, 0.2) is 5.78 Å². The van der Waals surface area contributed by atoms with Gasteiger partial charge in [0, 0.05) is 39.8 Å². The molecule has 1 aromatic heterocycles. The molecule has 1 amide bonds. The van der Waals surface area contributed by atoms with Crippen molar-refractivity contribution in [1.82, 2.24) is 4.57 Å². The van der Waals surface area contributed by atoms with Gasteiger partial charge in [-0.1, -0.05) is 11.6 Å². The van der Waals surface area contributed by atoms with E-state index in [1.54, 1.807) is 49.4 Å². The van der Waals surface area contributed by atoms with E-state index in [9.17, 15) is 18.8 Å². The summed E-state index contributed by atoms with van der Waals surface area (Å²) in [6.07, 6.45) is -0.248. The molecular formula is C24H22ClFN2O3. The van der Waals surface area contributed by atoms with Crippen LogP contribution in [-0.4, -0.2) is 22.0 Å². The number of anilines is 1. The molecule has 3 aromatic rings. The number of hydrogen-bond donors (Lipinski definition) is 1. The van der Waals surface area contributed by atoms with Crippen molar-refractivity contribution in [2.75, 3.05) is 5.32 Å². The van der Waals surface area contributed by atoms with Crippen LogP contribution in [0.3, 0.4) is 0 Å². The van der Waals surface area contributed by atoms with Crippen LogP contribution in [0.15, 0.2) is 54.6 Å². The van der Waals surface area contributed by atoms with E-state index >= 15 is 0 Å². The number of carbonyl (C=O) groups excluding carboxylic acids is 3. The van der Waals surface area contributed by atoms with Crippen LogP contribution in [0, 0.1) is 25.6 Å². The maximum absolute atomic E-state index is 13.3. The van der Waals surface area contributed by atoms with Gasteiger partial charge in [0.05, 0.1) is 0 Å². The number of halogens is 2. The summed E-state index contributed by atoms with van der Waals surface area (Å²) in [6, 6.07) is 14.2. The molecule has 160 valence electrons. The van der Waals surface area contributed by atoms with Crippen molar-refractivity contribution in [3.05, 3.63) is 82.4 Å². The summed E-state index contributed by atoms with van der Waals surface area (Å²) >= 11 is 5.85. The molecule has 0 aliphatic heterocycles. The summed E-state index contributed by atoms with van der Waals surface area (Å²) in [6.45, 7) is 4.91. The lowest BCUT2D eigenvalue weighted by molar-refractivity contribution is -0.129. The van der Waals surface area contributed by atoms with E-state index in [4.69, 9.17) is 11.6 Å². The predicted molar refractivity (Wildman–Crippen MR) is 118 cm³/mol. The first-order valence-corrected chi connectivity index (χ1v) is 10.1. The van der Waals surface area contributed by atoms with Crippen molar-refractivity contribution in [3.8, 4) is 5.69 Å². The Kier molecular flexibility index (Phi) is 6.71. The molecule has 0 aliphatic carbocycles. The molecule has 5 nitrogen and oxygen atoms in total. The molecule has 1 atom stereocenters. The van der Waals surface area contributed by atoms with Gasteiger partial charge in [0.1, 0.15) is 17.5 Å². The average molecular weight is 441 g/mol. The first-order chi connectivity index (χ1) is 14.7. The van der Waals surface area contributed by atoms with E-state index < -0.39 is 17.6 Å². The highest BCUT2D eigenvalue weighted by Crippen LogP contribution is 2.24. The normalized spacial score (nSPS) is 11.8. The monoisotopic (exact) mass is 440 g/mol. The lowest BCUT2D eigenvalue weighted by Crippen LogP contribution is -2.30. The van der Waals surface area contributed by atoms with Crippen molar-refractivity contribution in [1.29, 1.82) is 0 Å². The number of nitrogens with zero attached hydrogens (tertiary/aromatic N) is 1. The summed E-state index contributed by atoms with van der Waals surface area (Å²) < 4.78 is 15.1. The average Bonchev–Trinajstić information content (AvgIpc) is 3.02. The Morgan fingerprint density at radius 3 is 2.23 bits per heavy atom. The third-order valence-corrected chi connectivity index (χ3v) is 5.38. The van der Waals surface area contributed by atoms with Gasteiger partial charge in [-0.05, 0) is 75.4 Å². The van der Waals surface area contributed by atoms with Gasteiger partial charge in [0.25, 0.3) is 0 Å². The number of amides is 1. The lowest BCUT2D eigenvalue weighted by atomic mass is 9.94. The highest BCUT2D eigenvalue weighted by Gasteiger charge is 2.28. The van der Waals surface area contributed by atoms with Crippen LogP contribution >= 0.6 is 11.6 Å². The largest absolute Gasteiger partial charge is 0.325 e. The summed E-state index contributed by atoms with van der Waals surface area (Å²) in [5.41, 5.74) is 3.08. The van der Waals surface area contributed by atoms with Crippen LogP contribution in [0.4, 0.5) is 10.1 Å². The lowest BCUT2D eigenvalue weighted by Gasteiger charge is -2.14. The van der Waals surface area contributed by atoms with E-state index in [0.29, 0.717) is 22.0 Å². The number of ketones is 2. The fraction of sp³-hybridized carbons (Fsp3) is 0.208. The minimum absolute atomic E-state index is 0.248. The summed E-state index contributed by atoms with van der Waals surface area (Å²) in [5, 5.41) is 3.18. The molecule has 0 aliphatic rings. The molecule has 0 spiro atoms. The van der Waals surface area contributed by atoms with Gasteiger partial charge in [-0.3, -0.25) is 14.4 Å². The first-order valence-electron chi connectivity index (χ1n) is 9.72. The number of hydrogen-bond acceptors (Lipinski definition) is 3. The van der Waals surface area contributed by atoms with Crippen LogP contribution < -0.4 is 5.32 Å². The SMILES string of the molecule is CC(=O)C(CC(=O)c1cc(C)n(-c2ccc(F)cc2)c1C)C(=O)Nc1ccc(Cl)cc1. The molecule has 0 radical (unpaired) electrons. The second kappa shape index (κ2) is 9.27. The zero-order valence-corrected chi connectivity index (χ0v) is 18.2. The summed E-state index contributed by atoms with van der Waals surface area (Å²) in [5.74, 6) is -2.72. The Labute approximate surface area is 184 Å². The number of Topliss-reactive ketones (excluding diaryl/α,β-unsaturated/α-hetero) is 2. The number of nitrogens with one attached hydrogen (secondary N) is 1. The highest BCUT2D eigenvalue weighted by molar-refractivity contribution is 6.30. The molecule has 0 saturated carbocycles. The zero-order chi connectivity index (χ0) is 22.7. The third-order valence-electron chi connectivity index (χ3n) is 5.12. The molecule has 1 N–H and O–H groups in total. The van der Waals surface area contributed by atoms with E-state index in [1.165, 1.54) is 19.1 Å². The van der Waals surface area contributed by atoms with Crippen LogP contribution in [0.2, 0.25) is 5.02 Å². The Bertz CT molecular complexity index is 1130. The highest BCUT2D eigenvalue weighted by atomic mass is 35.5. The number of carbonyl (C=O) groups is 3. The van der Waals surface area contributed by atoms with Crippen LogP contribution in [0.1, 0.15) is 35.1 Å². The molecule has 1 heterocycles. The minimum Gasteiger partial charge on any atom is -0.325 e. The summed E-state index contributed by atoms with van der Waals surface area (Å²) in [4.78, 5) is 37.8. The molecule has 3 rings (SSSR count). The quantitative estimate of drug-likeness (QED) is 0.400. The van der Waals surface area contributed by atoms with Crippen molar-refractivity contribution in [2.45, 2.75) is 27.2 Å². The summed E-state index contributed by atoms with van der Waals surface area (Å²) in [7, 11) is 0. The molecule has 0 fully saturated rings. The second-order valence-corrected chi connectivity index (χ2v) is 7.82. The molecule has 7 heteroatoms. The van der Waals surface area contributed by atoms with Gasteiger partial charge in [-0.25, -0.2) is 4.39 Å². The molecular weight excluding hydrogens is 419 g/mol. The molecule has 31 heavy (non-hydrogen) atoms. The topological polar surface area (TPSA) is 68.2 Å². The smallest absolute Gasteiger partial charge is 0.235 e. The van der Waals surface area contributed by atoms with Crippen molar-refractivity contribution in [2.24, 2.45) is 5.92 Å². The van der Waals surface area contributed by atoms with E-state index in [2.05, 4.69) is 5.32 Å². The van der Waals surface area contributed by atoms with Gasteiger partial charge in [-0.2, -0.15) is 0 Å². The number of aryl methyl sites for hydroxylation is 1. The van der Waals surface area contributed by atoms with E-state index in [1.807, 2.05) is 11.5 Å². The second-order valence-electron chi connectivity index (χ2n) is 7.38. The molecule has 1 unspecified atom stereocenters. The maximum atomic E-state index is 13.3. The maximum Gasteiger partial charge on any atom is 0.235 e. The zero-order valence-electron chi connectivity index (χ0n) is 17.4. The Balaban J connectivity index is 1.82. The predicted octanol–water partition coefficient (Wildman–Crippen LogP) is 5.30. The van der Waals surface area contributed by atoms with E-state index in [0.717, 1.165) is 11.4 Å². The molecule has 0 bridgehead atoms. The van der Waals surface area contributed by atoms with Gasteiger partial charge in [-0.15, -0.1) is 0 Å². The van der Waals surface area contributed by atoms with Crippen molar-refractivity contribution < 1.29 is 18.8 Å². The first kappa shape index (κ1) is 22.4. The minimum atomic E-state index is -1.11. The number of benzene rings is 2. The van der Waals surface area contributed by atoms with Crippen LogP contribution in [0.25, 0.3) is 5.69 Å². The Morgan fingerprint density at radius 1 is 1.03 bits per heavy atom. The molecule has 0 saturated heterocycles. The fourth-order valence-electron chi connectivity index (χ4n) is 3.51. The third kappa shape index (κ3) is 5.09. The van der Waals surface area contributed by atoms with Crippen LogP contribution in [0.5, 0.6) is 0 Å². The standard InChI is InChI=1S/C24H22ClFN2O3/c1-14-12-21(15(2)28(14)20-10-6-18(26)7-11-20)23(30)13-22(16(3)29)24(31)27-19-8-4-17(25)5-9-19/h4-12,22H,13H2,1-3H3,(H,27,31). The van der Waals surface area contributed by atoms with Crippen molar-refractivity contribution >= 4 is 34.8 Å². The van der Waals surface area contributed by atoms with Crippen LogP contribution in [-0.2, 0) is 9.59 Å². The van der Waals surface area contributed by atoms with Gasteiger partial charge >= 0.3 is 0 Å². The van der Waals surface area contributed by atoms with Gasteiger partial charge in [0.2, 0.25) is 5.91 Å². The Morgan fingerprint density at radius 2 is 1.65 bits per heavy atom. The number of rotatable bonds is 7. The number of aromatic nitrogens is 1. The van der Waals surface area contributed by atoms with E-state index in [-0.39, 0.29) is 18.0 Å². The fourth-order valence-corrected chi connectivity index (χ4v) is 3.64. The molecule has 2 aromatic carbocycles. The Hall–Kier alpha value is -3.25. The van der Waals surface area contributed by atoms with Gasteiger partial charge < -0.3 is 9.88 Å². The van der Waals surface area contributed by atoms with Crippen molar-refractivity contribution in [3.63, 3.8) is 0 Å².